The van der Waals surface area contributed by atoms with Gasteiger partial charge in [-0.15, -0.1) is 11.3 Å². The van der Waals surface area contributed by atoms with Crippen LogP contribution < -0.4 is 10.5 Å². The van der Waals surface area contributed by atoms with E-state index in [9.17, 15) is 4.79 Å². The van der Waals surface area contributed by atoms with Gasteiger partial charge in [0.25, 0.3) is 5.91 Å². The number of fused-ring (bicyclic) bond motifs is 1. The van der Waals surface area contributed by atoms with Gasteiger partial charge in [0.2, 0.25) is 0 Å². The molecular weight excluding hydrogens is 284 g/mol. The molecule has 0 fully saturated rings. The highest BCUT2D eigenvalue weighted by Crippen LogP contribution is 2.36. The first-order valence-corrected chi connectivity index (χ1v) is 8.01. The lowest BCUT2D eigenvalue weighted by atomic mass is 10.2. The van der Waals surface area contributed by atoms with Gasteiger partial charge in [0.15, 0.2) is 0 Å². The van der Waals surface area contributed by atoms with Gasteiger partial charge in [-0.05, 0) is 24.6 Å². The molecule has 0 bridgehead atoms. The third-order valence-corrected chi connectivity index (χ3v) is 4.73. The van der Waals surface area contributed by atoms with E-state index in [0.717, 1.165) is 41.6 Å². The lowest BCUT2D eigenvalue weighted by Gasteiger charge is -2.16. The predicted octanol–water partition coefficient (Wildman–Crippen LogP) is 3.75. The molecule has 1 heterocycles. The number of carbonyl (C=O) groups is 1. The molecule has 2 N–H and O–H groups in total. The summed E-state index contributed by atoms with van der Waals surface area (Å²) in [5.41, 5.74) is 6.72. The smallest absolute Gasteiger partial charge is 0.265 e. The summed E-state index contributed by atoms with van der Waals surface area (Å²) in [7, 11) is 3.47. The van der Waals surface area contributed by atoms with Crippen LogP contribution in [0.3, 0.4) is 0 Å². The molecule has 0 radical (unpaired) electrons. The van der Waals surface area contributed by atoms with Crippen LogP contribution in [0.2, 0.25) is 0 Å². The number of carbonyl (C=O) groups excluding carboxylic acids is 1. The van der Waals surface area contributed by atoms with Crippen molar-refractivity contribution in [2.45, 2.75) is 26.2 Å². The van der Waals surface area contributed by atoms with Gasteiger partial charge >= 0.3 is 0 Å². The number of thiophene rings is 1. The van der Waals surface area contributed by atoms with Crippen LogP contribution in [0.1, 0.15) is 35.9 Å². The van der Waals surface area contributed by atoms with Crippen molar-refractivity contribution in [3.8, 4) is 5.75 Å². The lowest BCUT2D eigenvalue weighted by Crippen LogP contribution is -2.27. The third-order valence-electron chi connectivity index (χ3n) is 3.57. The van der Waals surface area contributed by atoms with E-state index < -0.39 is 0 Å². The van der Waals surface area contributed by atoms with Crippen molar-refractivity contribution < 1.29 is 9.53 Å². The Hall–Kier alpha value is -1.75. The van der Waals surface area contributed by atoms with Crippen molar-refractivity contribution in [3.05, 3.63) is 23.1 Å². The molecule has 0 saturated carbocycles. The first kappa shape index (κ1) is 15.6. The van der Waals surface area contributed by atoms with Gasteiger partial charge in [-0.2, -0.15) is 0 Å². The number of nitrogen functional groups attached to an aromatic ring is 1. The van der Waals surface area contributed by atoms with Crippen LogP contribution in [-0.4, -0.2) is 31.5 Å². The largest absolute Gasteiger partial charge is 0.497 e. The number of rotatable bonds is 6. The van der Waals surface area contributed by atoms with Crippen molar-refractivity contribution in [1.82, 2.24) is 4.90 Å². The van der Waals surface area contributed by atoms with Crippen molar-refractivity contribution >= 4 is 33.0 Å². The summed E-state index contributed by atoms with van der Waals surface area (Å²) in [5, 5.41) is 0.922. The van der Waals surface area contributed by atoms with Gasteiger partial charge < -0.3 is 15.4 Å². The minimum absolute atomic E-state index is 0.00349. The SMILES string of the molecule is CCCCCN(C)C(=O)c1sc2cc(OC)ccc2c1N. The zero-order chi connectivity index (χ0) is 15.4. The standard InChI is InChI=1S/C16H22N2O2S/c1-4-5-6-9-18(2)16(19)15-14(17)12-8-7-11(20-3)10-13(12)21-15/h7-8,10H,4-6,9,17H2,1-3H3. The number of anilines is 1. The highest BCUT2D eigenvalue weighted by Gasteiger charge is 2.19. The molecule has 0 aliphatic rings. The number of hydrogen-bond acceptors (Lipinski definition) is 4. The number of amides is 1. The minimum atomic E-state index is 0.00349. The second-order valence-electron chi connectivity index (χ2n) is 5.14. The van der Waals surface area contributed by atoms with Crippen molar-refractivity contribution in [2.24, 2.45) is 0 Å². The Labute approximate surface area is 129 Å². The average Bonchev–Trinajstić information content (AvgIpc) is 2.83. The van der Waals surface area contributed by atoms with E-state index in [1.807, 2.05) is 25.2 Å². The van der Waals surface area contributed by atoms with E-state index >= 15 is 0 Å². The molecule has 21 heavy (non-hydrogen) atoms. The Morgan fingerprint density at radius 3 is 2.81 bits per heavy atom. The summed E-state index contributed by atoms with van der Waals surface area (Å²) in [4.78, 5) is 14.9. The van der Waals surface area contributed by atoms with Crippen LogP contribution in [0.25, 0.3) is 10.1 Å². The predicted molar refractivity (Wildman–Crippen MR) is 89.3 cm³/mol. The van der Waals surface area contributed by atoms with Crippen molar-refractivity contribution in [3.63, 3.8) is 0 Å². The number of unbranched alkanes of at least 4 members (excludes halogenated alkanes) is 2. The van der Waals surface area contributed by atoms with Gasteiger partial charge in [0, 0.05) is 23.7 Å². The molecule has 2 rings (SSSR count). The molecule has 0 spiro atoms. The number of methoxy groups -OCH3 is 1. The molecule has 4 nitrogen and oxygen atoms in total. The Bertz CT molecular complexity index is 636. The van der Waals surface area contributed by atoms with Crippen LogP contribution in [0.5, 0.6) is 5.75 Å². The minimum Gasteiger partial charge on any atom is -0.497 e. The van der Waals surface area contributed by atoms with Crippen LogP contribution in [0, 0.1) is 0 Å². The maximum absolute atomic E-state index is 12.5. The Morgan fingerprint density at radius 1 is 1.38 bits per heavy atom. The molecule has 0 aliphatic carbocycles. The monoisotopic (exact) mass is 306 g/mol. The number of nitrogens with two attached hydrogens (primary N) is 1. The van der Waals surface area contributed by atoms with Crippen LogP contribution in [0.4, 0.5) is 5.69 Å². The number of benzene rings is 1. The fourth-order valence-corrected chi connectivity index (χ4v) is 3.40. The molecule has 1 aromatic heterocycles. The molecule has 0 saturated heterocycles. The van der Waals surface area contributed by atoms with Gasteiger partial charge in [0.05, 0.1) is 12.8 Å². The van der Waals surface area contributed by atoms with Gasteiger partial charge in [-0.25, -0.2) is 0 Å². The first-order chi connectivity index (χ1) is 10.1. The molecule has 5 heteroatoms. The fraction of sp³-hybridized carbons (Fsp3) is 0.438. The second kappa shape index (κ2) is 6.80. The molecule has 2 aromatic rings. The van der Waals surface area contributed by atoms with Crippen LogP contribution in [0.15, 0.2) is 18.2 Å². The number of hydrogen-bond donors (Lipinski definition) is 1. The molecular formula is C16H22N2O2S. The summed E-state index contributed by atoms with van der Waals surface area (Å²) in [5.74, 6) is 0.780. The summed E-state index contributed by atoms with van der Waals surface area (Å²) >= 11 is 1.43. The number of ether oxygens (including phenoxy) is 1. The fourth-order valence-electron chi connectivity index (χ4n) is 2.26. The van der Waals surface area contributed by atoms with Crippen molar-refractivity contribution in [2.75, 3.05) is 26.4 Å². The Balaban J connectivity index is 2.24. The van der Waals surface area contributed by atoms with Crippen LogP contribution >= 0.6 is 11.3 Å². The van der Waals surface area contributed by atoms with Crippen LogP contribution in [-0.2, 0) is 0 Å². The number of nitrogens with zero attached hydrogens (tertiary/aromatic N) is 1. The normalized spacial score (nSPS) is 10.8. The van der Waals surface area contributed by atoms with Gasteiger partial charge in [0.1, 0.15) is 10.6 Å². The Kier molecular flexibility index (Phi) is 5.07. The van der Waals surface area contributed by atoms with Crippen molar-refractivity contribution in [1.29, 1.82) is 0 Å². The molecule has 0 unspecified atom stereocenters. The highest BCUT2D eigenvalue weighted by atomic mass is 32.1. The summed E-state index contributed by atoms with van der Waals surface area (Å²) < 4.78 is 6.20. The van der Waals surface area contributed by atoms with E-state index in [2.05, 4.69) is 6.92 Å². The van der Waals surface area contributed by atoms with E-state index in [0.29, 0.717) is 10.6 Å². The topological polar surface area (TPSA) is 55.6 Å². The van der Waals surface area contributed by atoms with E-state index in [-0.39, 0.29) is 5.91 Å². The van der Waals surface area contributed by atoms with E-state index in [1.165, 1.54) is 11.3 Å². The Morgan fingerprint density at radius 2 is 2.14 bits per heavy atom. The zero-order valence-corrected chi connectivity index (χ0v) is 13.6. The van der Waals surface area contributed by atoms with Gasteiger partial charge in [-0.3, -0.25) is 4.79 Å². The molecule has 0 aliphatic heterocycles. The summed E-state index contributed by atoms with van der Waals surface area (Å²) in [6, 6.07) is 5.70. The first-order valence-electron chi connectivity index (χ1n) is 7.20. The quantitative estimate of drug-likeness (QED) is 0.827. The third kappa shape index (κ3) is 3.29. The van der Waals surface area contributed by atoms with E-state index in [1.54, 1.807) is 12.0 Å². The average molecular weight is 306 g/mol. The summed E-state index contributed by atoms with van der Waals surface area (Å²) in [6.45, 7) is 2.92. The molecule has 1 aromatic carbocycles. The second-order valence-corrected chi connectivity index (χ2v) is 6.19. The van der Waals surface area contributed by atoms with E-state index in [4.69, 9.17) is 10.5 Å². The highest BCUT2D eigenvalue weighted by molar-refractivity contribution is 7.21. The molecule has 114 valence electrons. The molecule has 1 amide bonds. The lowest BCUT2D eigenvalue weighted by molar-refractivity contribution is 0.0798. The van der Waals surface area contributed by atoms with Gasteiger partial charge in [-0.1, -0.05) is 19.8 Å². The summed E-state index contributed by atoms with van der Waals surface area (Å²) in [6.07, 6.45) is 3.31. The maximum Gasteiger partial charge on any atom is 0.265 e. The zero-order valence-electron chi connectivity index (χ0n) is 12.8. The molecule has 0 atom stereocenters. The maximum atomic E-state index is 12.5.